The summed E-state index contributed by atoms with van der Waals surface area (Å²) in [6.07, 6.45) is 1.29. The summed E-state index contributed by atoms with van der Waals surface area (Å²) in [5, 5.41) is 2.32. The molecule has 0 fully saturated rings. The van der Waals surface area contributed by atoms with Crippen molar-refractivity contribution in [2.75, 3.05) is 6.61 Å². The number of esters is 1. The molecule has 1 rings (SSSR count). The molecule has 13 heavy (non-hydrogen) atoms. The second-order valence-electron chi connectivity index (χ2n) is 2.22. The van der Waals surface area contributed by atoms with E-state index in [4.69, 9.17) is 16.3 Å². The number of hydrogen-bond acceptors (Lipinski definition) is 3. The summed E-state index contributed by atoms with van der Waals surface area (Å²) < 4.78 is 4.72. The van der Waals surface area contributed by atoms with Crippen LogP contribution in [-0.4, -0.2) is 12.6 Å². The van der Waals surface area contributed by atoms with E-state index in [1.807, 2.05) is 17.5 Å². The van der Waals surface area contributed by atoms with Gasteiger partial charge in [0.25, 0.3) is 0 Å². The van der Waals surface area contributed by atoms with Gasteiger partial charge in [-0.15, -0.1) is 11.3 Å². The fourth-order valence-electron chi connectivity index (χ4n) is 0.773. The minimum atomic E-state index is -0.402. The Morgan fingerprint density at radius 1 is 1.77 bits per heavy atom. The molecule has 0 saturated carbocycles. The lowest BCUT2D eigenvalue weighted by atomic mass is 10.4. The first-order valence-corrected chi connectivity index (χ1v) is 5.07. The molecule has 0 unspecified atom stereocenters. The van der Waals surface area contributed by atoms with Crippen LogP contribution in [-0.2, 0) is 9.53 Å². The Morgan fingerprint density at radius 2 is 2.54 bits per heavy atom. The highest BCUT2D eigenvalue weighted by molar-refractivity contribution is 7.12. The molecule has 2 nitrogen and oxygen atoms in total. The normalized spacial score (nSPS) is 11.4. The van der Waals surface area contributed by atoms with E-state index in [0.717, 1.165) is 4.88 Å². The second kappa shape index (κ2) is 5.04. The first kappa shape index (κ1) is 10.3. The van der Waals surface area contributed by atoms with Gasteiger partial charge in [0.05, 0.1) is 11.6 Å². The quantitative estimate of drug-likeness (QED) is 0.574. The van der Waals surface area contributed by atoms with Gasteiger partial charge < -0.3 is 4.74 Å². The van der Waals surface area contributed by atoms with Crippen LogP contribution in [0.4, 0.5) is 0 Å². The molecular formula is C9H9ClO2S. The van der Waals surface area contributed by atoms with Gasteiger partial charge in [0, 0.05) is 11.0 Å². The topological polar surface area (TPSA) is 26.3 Å². The van der Waals surface area contributed by atoms with Gasteiger partial charge in [-0.05, 0) is 18.4 Å². The zero-order valence-corrected chi connectivity index (χ0v) is 8.69. The largest absolute Gasteiger partial charge is 0.463 e. The van der Waals surface area contributed by atoms with Crippen molar-refractivity contribution >= 4 is 33.9 Å². The van der Waals surface area contributed by atoms with E-state index in [1.165, 1.54) is 17.4 Å². The average Bonchev–Trinajstić information content (AvgIpc) is 2.55. The number of carbonyl (C=O) groups excluding carboxylic acids is 1. The lowest BCUT2D eigenvalue weighted by molar-refractivity contribution is -0.137. The minimum Gasteiger partial charge on any atom is -0.463 e. The van der Waals surface area contributed by atoms with E-state index in [1.54, 1.807) is 6.92 Å². The fraction of sp³-hybridized carbons (Fsp3) is 0.222. The predicted octanol–water partition coefficient (Wildman–Crippen LogP) is 2.89. The van der Waals surface area contributed by atoms with Crippen LogP contribution in [0.15, 0.2) is 23.6 Å². The second-order valence-corrected chi connectivity index (χ2v) is 3.58. The van der Waals surface area contributed by atoms with Crippen LogP contribution in [0, 0.1) is 0 Å². The number of carbonyl (C=O) groups is 1. The molecule has 0 N–H and O–H groups in total. The molecular weight excluding hydrogens is 208 g/mol. The highest BCUT2D eigenvalue weighted by Crippen LogP contribution is 2.23. The summed E-state index contributed by atoms with van der Waals surface area (Å²) in [5.41, 5.74) is 0. The van der Waals surface area contributed by atoms with E-state index in [2.05, 4.69) is 0 Å². The van der Waals surface area contributed by atoms with Crippen LogP contribution in [0.3, 0.4) is 0 Å². The van der Waals surface area contributed by atoms with Crippen molar-refractivity contribution < 1.29 is 9.53 Å². The first-order chi connectivity index (χ1) is 6.24. The van der Waals surface area contributed by atoms with E-state index >= 15 is 0 Å². The Morgan fingerprint density at radius 3 is 3.08 bits per heavy atom. The maximum absolute atomic E-state index is 11.0. The zero-order valence-electron chi connectivity index (χ0n) is 7.12. The summed E-state index contributed by atoms with van der Waals surface area (Å²) in [5.74, 6) is -0.402. The Labute approximate surface area is 85.8 Å². The van der Waals surface area contributed by atoms with E-state index in [9.17, 15) is 4.79 Å². The van der Waals surface area contributed by atoms with E-state index < -0.39 is 5.97 Å². The lowest BCUT2D eigenvalue weighted by Gasteiger charge is -1.96. The molecule has 0 saturated heterocycles. The van der Waals surface area contributed by atoms with Crippen molar-refractivity contribution in [3.8, 4) is 0 Å². The van der Waals surface area contributed by atoms with Gasteiger partial charge >= 0.3 is 5.97 Å². The molecule has 0 amide bonds. The number of hydrogen-bond donors (Lipinski definition) is 0. The molecule has 1 aromatic rings. The first-order valence-electron chi connectivity index (χ1n) is 3.82. The lowest BCUT2D eigenvalue weighted by Crippen LogP contribution is -1.99. The van der Waals surface area contributed by atoms with Crippen LogP contribution >= 0.6 is 22.9 Å². The van der Waals surface area contributed by atoms with Crippen LogP contribution in [0.1, 0.15) is 11.8 Å². The third-order valence-corrected chi connectivity index (χ3v) is 2.62. The summed E-state index contributed by atoms with van der Waals surface area (Å²) in [6.45, 7) is 2.12. The van der Waals surface area contributed by atoms with Crippen LogP contribution in [0.2, 0.25) is 0 Å². The zero-order chi connectivity index (χ0) is 9.68. The minimum absolute atomic E-state index is 0.365. The van der Waals surface area contributed by atoms with Crippen LogP contribution in [0.5, 0.6) is 0 Å². The molecule has 0 radical (unpaired) electrons. The molecule has 0 aromatic carbocycles. The van der Waals surface area contributed by atoms with E-state index in [0.29, 0.717) is 11.6 Å². The molecule has 0 bridgehead atoms. The monoisotopic (exact) mass is 216 g/mol. The Hall–Kier alpha value is -0.800. The predicted molar refractivity (Wildman–Crippen MR) is 54.8 cm³/mol. The Bertz CT molecular complexity index is 303. The SMILES string of the molecule is CCOC(=O)/C=C(\Cl)c1cccs1. The Balaban J connectivity index is 2.67. The van der Waals surface area contributed by atoms with Crippen molar-refractivity contribution in [3.05, 3.63) is 28.5 Å². The highest BCUT2D eigenvalue weighted by Gasteiger charge is 2.02. The van der Waals surface area contributed by atoms with Crippen molar-refractivity contribution in [2.45, 2.75) is 6.92 Å². The molecule has 0 aliphatic rings. The van der Waals surface area contributed by atoms with E-state index in [-0.39, 0.29) is 0 Å². The smallest absolute Gasteiger partial charge is 0.332 e. The summed E-state index contributed by atoms with van der Waals surface area (Å²) in [4.78, 5) is 11.8. The fourth-order valence-corrected chi connectivity index (χ4v) is 1.69. The molecule has 0 spiro atoms. The number of thiophene rings is 1. The third-order valence-electron chi connectivity index (χ3n) is 1.29. The molecule has 4 heteroatoms. The standard InChI is InChI=1S/C9H9ClO2S/c1-2-12-9(11)6-7(10)8-4-3-5-13-8/h3-6H,2H2,1H3/b7-6-. The highest BCUT2D eigenvalue weighted by atomic mass is 35.5. The average molecular weight is 217 g/mol. The van der Waals surface area contributed by atoms with Gasteiger partial charge in [0.15, 0.2) is 0 Å². The molecule has 0 aliphatic carbocycles. The number of rotatable bonds is 3. The number of halogens is 1. The van der Waals surface area contributed by atoms with Gasteiger partial charge in [-0.1, -0.05) is 17.7 Å². The van der Waals surface area contributed by atoms with Crippen molar-refractivity contribution in [1.29, 1.82) is 0 Å². The molecule has 0 aliphatic heterocycles. The summed E-state index contributed by atoms with van der Waals surface area (Å²) >= 11 is 7.33. The van der Waals surface area contributed by atoms with Crippen LogP contribution in [0.25, 0.3) is 5.03 Å². The molecule has 70 valence electrons. The molecule has 1 heterocycles. The van der Waals surface area contributed by atoms with Crippen molar-refractivity contribution in [3.63, 3.8) is 0 Å². The van der Waals surface area contributed by atoms with Gasteiger partial charge in [0.1, 0.15) is 0 Å². The number of ether oxygens (including phenoxy) is 1. The maximum atomic E-state index is 11.0. The Kier molecular flexibility index (Phi) is 3.99. The maximum Gasteiger partial charge on any atom is 0.332 e. The van der Waals surface area contributed by atoms with Gasteiger partial charge in [-0.25, -0.2) is 4.79 Å². The third kappa shape index (κ3) is 3.20. The summed E-state index contributed by atoms with van der Waals surface area (Å²) in [6, 6.07) is 3.73. The molecule has 0 atom stereocenters. The van der Waals surface area contributed by atoms with Crippen molar-refractivity contribution in [2.24, 2.45) is 0 Å². The summed E-state index contributed by atoms with van der Waals surface area (Å²) in [7, 11) is 0. The molecule has 1 aromatic heterocycles. The van der Waals surface area contributed by atoms with Crippen molar-refractivity contribution in [1.82, 2.24) is 0 Å². The van der Waals surface area contributed by atoms with Gasteiger partial charge in [0.2, 0.25) is 0 Å². The van der Waals surface area contributed by atoms with Gasteiger partial charge in [-0.3, -0.25) is 0 Å². The van der Waals surface area contributed by atoms with Gasteiger partial charge in [-0.2, -0.15) is 0 Å². The van der Waals surface area contributed by atoms with Crippen LogP contribution < -0.4 is 0 Å².